The maximum atomic E-state index is 11.0. The van der Waals surface area contributed by atoms with E-state index in [0.29, 0.717) is 0 Å². The van der Waals surface area contributed by atoms with Crippen LogP contribution in [0.4, 0.5) is 10.8 Å². The molecule has 0 radical (unpaired) electrons. The SMILES string of the molecule is CC(=O)Nc1ccc(CCNc2nnc(Cc3ccc(Cl)cc3)s2)cc1. The van der Waals surface area contributed by atoms with Crippen LogP contribution in [0.15, 0.2) is 48.5 Å². The first-order chi connectivity index (χ1) is 12.6. The van der Waals surface area contributed by atoms with E-state index in [2.05, 4.69) is 20.8 Å². The molecular formula is C19H19ClN4OS. The monoisotopic (exact) mass is 386 g/mol. The molecule has 134 valence electrons. The number of hydrogen-bond acceptors (Lipinski definition) is 5. The van der Waals surface area contributed by atoms with Gasteiger partial charge < -0.3 is 10.6 Å². The highest BCUT2D eigenvalue weighted by Gasteiger charge is 2.05. The van der Waals surface area contributed by atoms with Crippen LogP contribution in [-0.4, -0.2) is 22.6 Å². The highest BCUT2D eigenvalue weighted by atomic mass is 35.5. The lowest BCUT2D eigenvalue weighted by Crippen LogP contribution is -2.06. The number of carbonyl (C=O) groups excluding carboxylic acids is 1. The summed E-state index contributed by atoms with van der Waals surface area (Å²) in [5, 5.41) is 17.0. The van der Waals surface area contributed by atoms with Gasteiger partial charge in [0.05, 0.1) is 0 Å². The van der Waals surface area contributed by atoms with Crippen molar-refractivity contribution in [2.45, 2.75) is 19.8 Å². The quantitative estimate of drug-likeness (QED) is 0.631. The van der Waals surface area contributed by atoms with Crippen molar-refractivity contribution >= 4 is 39.7 Å². The van der Waals surface area contributed by atoms with Gasteiger partial charge >= 0.3 is 0 Å². The van der Waals surface area contributed by atoms with Crippen molar-refractivity contribution < 1.29 is 4.79 Å². The van der Waals surface area contributed by atoms with Crippen molar-refractivity contribution in [1.82, 2.24) is 10.2 Å². The molecule has 1 aromatic heterocycles. The maximum absolute atomic E-state index is 11.0. The fourth-order valence-electron chi connectivity index (χ4n) is 2.45. The van der Waals surface area contributed by atoms with Crippen LogP contribution >= 0.6 is 22.9 Å². The molecule has 0 spiro atoms. The summed E-state index contributed by atoms with van der Waals surface area (Å²) in [6.07, 6.45) is 1.62. The molecule has 3 aromatic rings. The number of nitrogens with one attached hydrogen (secondary N) is 2. The van der Waals surface area contributed by atoms with Gasteiger partial charge in [0, 0.05) is 30.6 Å². The van der Waals surface area contributed by atoms with Crippen molar-refractivity contribution in [3.8, 4) is 0 Å². The molecule has 5 nitrogen and oxygen atoms in total. The van der Waals surface area contributed by atoms with E-state index in [4.69, 9.17) is 11.6 Å². The Balaban J connectivity index is 1.47. The van der Waals surface area contributed by atoms with E-state index in [0.717, 1.165) is 45.8 Å². The first kappa shape index (κ1) is 18.4. The van der Waals surface area contributed by atoms with Crippen molar-refractivity contribution in [3.63, 3.8) is 0 Å². The first-order valence-corrected chi connectivity index (χ1v) is 9.45. The Hall–Kier alpha value is -2.44. The van der Waals surface area contributed by atoms with Gasteiger partial charge in [-0.1, -0.05) is 47.2 Å². The van der Waals surface area contributed by atoms with Gasteiger partial charge in [0.25, 0.3) is 0 Å². The number of rotatable bonds is 7. The van der Waals surface area contributed by atoms with E-state index < -0.39 is 0 Å². The van der Waals surface area contributed by atoms with E-state index in [9.17, 15) is 4.79 Å². The second-order valence-corrected chi connectivity index (χ2v) is 7.36. The van der Waals surface area contributed by atoms with E-state index in [1.54, 1.807) is 11.3 Å². The zero-order valence-electron chi connectivity index (χ0n) is 14.3. The molecule has 0 saturated heterocycles. The number of benzene rings is 2. The molecule has 2 N–H and O–H groups in total. The molecule has 1 heterocycles. The van der Waals surface area contributed by atoms with Gasteiger partial charge in [0.15, 0.2) is 0 Å². The maximum Gasteiger partial charge on any atom is 0.221 e. The predicted molar refractivity (Wildman–Crippen MR) is 107 cm³/mol. The lowest BCUT2D eigenvalue weighted by Gasteiger charge is -2.05. The normalized spacial score (nSPS) is 10.5. The van der Waals surface area contributed by atoms with Crippen LogP contribution in [0.1, 0.15) is 23.1 Å². The van der Waals surface area contributed by atoms with Crippen LogP contribution < -0.4 is 10.6 Å². The average Bonchev–Trinajstić information content (AvgIpc) is 3.05. The zero-order chi connectivity index (χ0) is 18.4. The van der Waals surface area contributed by atoms with Crippen LogP contribution in [0.5, 0.6) is 0 Å². The van der Waals surface area contributed by atoms with E-state index >= 15 is 0 Å². The summed E-state index contributed by atoms with van der Waals surface area (Å²) < 4.78 is 0. The fraction of sp³-hybridized carbons (Fsp3) is 0.211. The Morgan fingerprint density at radius 3 is 2.42 bits per heavy atom. The number of hydrogen-bond donors (Lipinski definition) is 2. The predicted octanol–water partition coefficient (Wildman–Crippen LogP) is 4.40. The molecular weight excluding hydrogens is 368 g/mol. The summed E-state index contributed by atoms with van der Waals surface area (Å²) in [5.41, 5.74) is 3.17. The Morgan fingerprint density at radius 1 is 1.04 bits per heavy atom. The van der Waals surface area contributed by atoms with Crippen molar-refractivity contribution in [3.05, 3.63) is 69.7 Å². The lowest BCUT2D eigenvalue weighted by atomic mass is 10.1. The van der Waals surface area contributed by atoms with Gasteiger partial charge in [-0.3, -0.25) is 4.79 Å². The molecule has 0 bridgehead atoms. The van der Waals surface area contributed by atoms with Crippen LogP contribution in [0, 0.1) is 0 Å². The van der Waals surface area contributed by atoms with Crippen molar-refractivity contribution in [1.29, 1.82) is 0 Å². The average molecular weight is 387 g/mol. The third-order valence-electron chi connectivity index (χ3n) is 3.70. The van der Waals surface area contributed by atoms with Crippen LogP contribution in [0.25, 0.3) is 0 Å². The fourth-order valence-corrected chi connectivity index (χ4v) is 3.37. The summed E-state index contributed by atoms with van der Waals surface area (Å²) in [5.74, 6) is -0.0647. The van der Waals surface area contributed by atoms with Gasteiger partial charge in [-0.2, -0.15) is 0 Å². The summed E-state index contributed by atoms with van der Waals surface area (Å²) in [7, 11) is 0. The van der Waals surface area contributed by atoms with E-state index in [-0.39, 0.29) is 5.91 Å². The highest BCUT2D eigenvalue weighted by Crippen LogP contribution is 2.20. The molecule has 0 aliphatic heterocycles. The smallest absolute Gasteiger partial charge is 0.221 e. The van der Waals surface area contributed by atoms with Gasteiger partial charge in [-0.15, -0.1) is 10.2 Å². The van der Waals surface area contributed by atoms with Gasteiger partial charge in [0.2, 0.25) is 11.0 Å². The van der Waals surface area contributed by atoms with E-state index in [1.807, 2.05) is 48.5 Å². The molecule has 0 saturated carbocycles. The summed E-state index contributed by atoms with van der Waals surface area (Å²) in [6, 6.07) is 15.6. The Labute approximate surface area is 161 Å². The minimum absolute atomic E-state index is 0.0647. The van der Waals surface area contributed by atoms with Crippen LogP contribution in [-0.2, 0) is 17.6 Å². The molecule has 0 fully saturated rings. The second kappa shape index (κ2) is 8.78. The van der Waals surface area contributed by atoms with E-state index in [1.165, 1.54) is 12.5 Å². The third kappa shape index (κ3) is 5.54. The summed E-state index contributed by atoms with van der Waals surface area (Å²) in [4.78, 5) is 11.0. The summed E-state index contributed by atoms with van der Waals surface area (Å²) >= 11 is 7.47. The molecule has 3 rings (SSSR count). The molecule has 0 aliphatic carbocycles. The number of amides is 1. The molecule has 0 aliphatic rings. The number of halogens is 1. The van der Waals surface area contributed by atoms with Crippen LogP contribution in [0.2, 0.25) is 5.02 Å². The second-order valence-electron chi connectivity index (χ2n) is 5.86. The topological polar surface area (TPSA) is 66.9 Å². The number of aromatic nitrogens is 2. The molecule has 7 heteroatoms. The van der Waals surface area contributed by atoms with Crippen molar-refractivity contribution in [2.24, 2.45) is 0 Å². The minimum Gasteiger partial charge on any atom is -0.360 e. The summed E-state index contributed by atoms with van der Waals surface area (Å²) in [6.45, 7) is 2.27. The number of carbonyl (C=O) groups is 1. The van der Waals surface area contributed by atoms with Crippen molar-refractivity contribution in [2.75, 3.05) is 17.2 Å². The first-order valence-electron chi connectivity index (χ1n) is 8.26. The molecule has 0 atom stereocenters. The Kier molecular flexibility index (Phi) is 6.20. The Bertz CT molecular complexity index is 862. The molecule has 1 amide bonds. The number of nitrogens with zero attached hydrogens (tertiary/aromatic N) is 2. The largest absolute Gasteiger partial charge is 0.360 e. The number of anilines is 2. The minimum atomic E-state index is -0.0647. The highest BCUT2D eigenvalue weighted by molar-refractivity contribution is 7.15. The lowest BCUT2D eigenvalue weighted by molar-refractivity contribution is -0.114. The zero-order valence-corrected chi connectivity index (χ0v) is 15.9. The van der Waals surface area contributed by atoms with Gasteiger partial charge in [-0.05, 0) is 41.8 Å². The van der Waals surface area contributed by atoms with Crippen LogP contribution in [0.3, 0.4) is 0 Å². The molecule has 0 unspecified atom stereocenters. The standard InChI is InChI=1S/C19H19ClN4OS/c1-13(25)22-17-8-4-14(5-9-17)10-11-21-19-24-23-18(26-19)12-15-2-6-16(20)7-3-15/h2-9H,10-12H2,1H3,(H,21,24)(H,22,25). The molecule has 26 heavy (non-hydrogen) atoms. The molecule has 2 aromatic carbocycles. The van der Waals surface area contributed by atoms with Gasteiger partial charge in [0.1, 0.15) is 5.01 Å². The van der Waals surface area contributed by atoms with Gasteiger partial charge in [-0.25, -0.2) is 0 Å². The Morgan fingerprint density at radius 2 is 1.73 bits per heavy atom. The third-order valence-corrected chi connectivity index (χ3v) is 4.83.